The fourth-order valence-corrected chi connectivity index (χ4v) is 7.86. The van der Waals surface area contributed by atoms with Crippen LogP contribution in [0, 0.1) is 29.6 Å². The molecule has 3 aliphatic rings. The number of halogens is 1. The lowest BCUT2D eigenvalue weighted by molar-refractivity contribution is 0.108. The molecule has 1 aromatic carbocycles. The molecular formula is C31H49Cl. The van der Waals surface area contributed by atoms with Crippen molar-refractivity contribution in [3.63, 3.8) is 0 Å². The van der Waals surface area contributed by atoms with Crippen molar-refractivity contribution >= 4 is 11.6 Å². The van der Waals surface area contributed by atoms with Gasteiger partial charge in [-0.05, 0) is 117 Å². The molecule has 0 bridgehead atoms. The zero-order valence-corrected chi connectivity index (χ0v) is 21.6. The summed E-state index contributed by atoms with van der Waals surface area (Å²) in [5.41, 5.74) is 1.52. The van der Waals surface area contributed by atoms with Crippen molar-refractivity contribution in [1.82, 2.24) is 0 Å². The predicted octanol–water partition coefficient (Wildman–Crippen LogP) is 10.6. The predicted molar refractivity (Wildman–Crippen MR) is 140 cm³/mol. The van der Waals surface area contributed by atoms with E-state index in [0.717, 1.165) is 40.5 Å². The third-order valence-electron chi connectivity index (χ3n) is 9.87. The van der Waals surface area contributed by atoms with Crippen LogP contribution in [0.2, 0.25) is 5.02 Å². The van der Waals surface area contributed by atoms with E-state index in [1.165, 1.54) is 82.6 Å². The largest absolute Gasteiger partial charge is 0.0843 e. The van der Waals surface area contributed by atoms with Gasteiger partial charge in [0.15, 0.2) is 0 Å². The van der Waals surface area contributed by atoms with E-state index in [4.69, 9.17) is 11.6 Å². The second kappa shape index (κ2) is 12.8. The fourth-order valence-electron chi connectivity index (χ4n) is 7.73. The Morgan fingerprint density at radius 1 is 0.594 bits per heavy atom. The smallest absolute Gasteiger partial charge is 0.0406 e. The maximum Gasteiger partial charge on any atom is 0.0406 e. The van der Waals surface area contributed by atoms with Crippen molar-refractivity contribution in [1.29, 1.82) is 0 Å². The Morgan fingerprint density at radius 3 is 1.59 bits per heavy atom. The molecule has 0 nitrogen and oxygen atoms in total. The van der Waals surface area contributed by atoms with Gasteiger partial charge in [-0.1, -0.05) is 82.0 Å². The molecule has 180 valence electrons. The molecule has 0 unspecified atom stereocenters. The van der Waals surface area contributed by atoms with Gasteiger partial charge in [0.05, 0.1) is 0 Å². The van der Waals surface area contributed by atoms with Gasteiger partial charge in [0, 0.05) is 5.02 Å². The third kappa shape index (κ3) is 7.01. The molecule has 0 aliphatic heterocycles. The van der Waals surface area contributed by atoms with E-state index in [1.54, 1.807) is 38.5 Å². The van der Waals surface area contributed by atoms with Crippen LogP contribution < -0.4 is 0 Å². The number of hydrogen-bond donors (Lipinski definition) is 0. The Labute approximate surface area is 204 Å². The summed E-state index contributed by atoms with van der Waals surface area (Å²) in [7, 11) is 0. The number of unbranched alkanes of at least 4 members (excludes halogenated alkanes) is 4. The highest BCUT2D eigenvalue weighted by molar-refractivity contribution is 6.30. The maximum atomic E-state index is 6.09. The van der Waals surface area contributed by atoms with Crippen LogP contribution in [-0.2, 0) is 0 Å². The van der Waals surface area contributed by atoms with Crippen LogP contribution in [-0.4, -0.2) is 0 Å². The lowest BCUT2D eigenvalue weighted by Gasteiger charge is -2.41. The summed E-state index contributed by atoms with van der Waals surface area (Å²) in [5.74, 6) is 6.05. The second-order valence-corrected chi connectivity index (χ2v) is 12.3. The minimum atomic E-state index is 0.779. The van der Waals surface area contributed by atoms with E-state index in [-0.39, 0.29) is 0 Å². The molecule has 0 spiro atoms. The minimum Gasteiger partial charge on any atom is -0.0843 e. The topological polar surface area (TPSA) is 0 Å². The molecule has 3 saturated carbocycles. The number of rotatable bonds is 9. The Kier molecular flexibility index (Phi) is 9.87. The van der Waals surface area contributed by atoms with E-state index in [0.29, 0.717) is 0 Å². The van der Waals surface area contributed by atoms with Crippen LogP contribution in [0.5, 0.6) is 0 Å². The molecule has 3 fully saturated rings. The Hall–Kier alpha value is -0.490. The standard InChI is InChI=1S/C31H49Cl/c1-2-3-4-5-6-7-24-8-10-25(11-9-24)26-12-14-27(15-13-26)28-16-18-29(19-17-28)30-20-22-31(32)23-21-30/h20-29H,2-19H2,1H3. The molecular weight excluding hydrogens is 408 g/mol. The molecule has 0 radical (unpaired) electrons. The second-order valence-electron chi connectivity index (χ2n) is 11.8. The van der Waals surface area contributed by atoms with Crippen molar-refractivity contribution < 1.29 is 0 Å². The van der Waals surface area contributed by atoms with Crippen LogP contribution in [0.15, 0.2) is 24.3 Å². The molecule has 1 aromatic rings. The highest BCUT2D eigenvalue weighted by atomic mass is 35.5. The van der Waals surface area contributed by atoms with E-state index in [9.17, 15) is 0 Å². The number of hydrogen-bond acceptors (Lipinski definition) is 0. The molecule has 0 aromatic heterocycles. The van der Waals surface area contributed by atoms with Gasteiger partial charge in [0.1, 0.15) is 0 Å². The molecule has 4 rings (SSSR count). The van der Waals surface area contributed by atoms with E-state index in [1.807, 2.05) is 0 Å². The summed E-state index contributed by atoms with van der Waals surface area (Å²) >= 11 is 6.09. The van der Waals surface area contributed by atoms with Crippen molar-refractivity contribution in [3.8, 4) is 0 Å². The van der Waals surface area contributed by atoms with Gasteiger partial charge in [-0.25, -0.2) is 0 Å². The van der Waals surface area contributed by atoms with E-state index in [2.05, 4.69) is 31.2 Å². The first-order valence-electron chi connectivity index (χ1n) is 14.5. The summed E-state index contributed by atoms with van der Waals surface area (Å²) in [4.78, 5) is 0. The quantitative estimate of drug-likeness (QED) is 0.324. The molecule has 1 heteroatoms. The molecule has 0 N–H and O–H groups in total. The van der Waals surface area contributed by atoms with Crippen molar-refractivity contribution in [2.75, 3.05) is 0 Å². The van der Waals surface area contributed by atoms with Crippen molar-refractivity contribution in [2.45, 2.75) is 128 Å². The van der Waals surface area contributed by atoms with Gasteiger partial charge < -0.3 is 0 Å². The molecule has 0 saturated heterocycles. The van der Waals surface area contributed by atoms with Crippen LogP contribution in [0.4, 0.5) is 0 Å². The lowest BCUT2D eigenvalue weighted by atomic mass is 9.64. The third-order valence-corrected chi connectivity index (χ3v) is 10.1. The van der Waals surface area contributed by atoms with Crippen molar-refractivity contribution in [2.24, 2.45) is 29.6 Å². The summed E-state index contributed by atoms with van der Waals surface area (Å²) in [6.45, 7) is 2.32. The zero-order chi connectivity index (χ0) is 22.2. The van der Waals surface area contributed by atoms with E-state index < -0.39 is 0 Å². The highest BCUT2D eigenvalue weighted by Gasteiger charge is 2.34. The lowest BCUT2D eigenvalue weighted by Crippen LogP contribution is -2.29. The van der Waals surface area contributed by atoms with E-state index >= 15 is 0 Å². The molecule has 0 amide bonds. The van der Waals surface area contributed by atoms with Crippen LogP contribution in [0.1, 0.15) is 134 Å². The first-order chi connectivity index (χ1) is 15.7. The SMILES string of the molecule is CCCCCCCC1CCC(C2CCC(C3CCC(c4ccc(Cl)cc4)CC3)CC2)CC1. The average molecular weight is 457 g/mol. The van der Waals surface area contributed by atoms with Gasteiger partial charge >= 0.3 is 0 Å². The van der Waals surface area contributed by atoms with Gasteiger partial charge in [0.2, 0.25) is 0 Å². The normalized spacial score (nSPS) is 33.8. The minimum absolute atomic E-state index is 0.779. The summed E-state index contributed by atoms with van der Waals surface area (Å²) < 4.78 is 0. The Bertz CT molecular complexity index is 625. The molecule has 0 heterocycles. The van der Waals surface area contributed by atoms with Crippen LogP contribution in [0.25, 0.3) is 0 Å². The zero-order valence-electron chi connectivity index (χ0n) is 20.9. The first-order valence-corrected chi connectivity index (χ1v) is 14.9. The van der Waals surface area contributed by atoms with Gasteiger partial charge in [-0.3, -0.25) is 0 Å². The molecule has 3 aliphatic carbocycles. The Morgan fingerprint density at radius 2 is 1.06 bits per heavy atom. The van der Waals surface area contributed by atoms with Crippen LogP contribution in [0.3, 0.4) is 0 Å². The number of benzene rings is 1. The summed E-state index contributed by atoms with van der Waals surface area (Å²) in [6, 6.07) is 8.68. The monoisotopic (exact) mass is 456 g/mol. The maximum absolute atomic E-state index is 6.09. The van der Waals surface area contributed by atoms with Crippen LogP contribution >= 0.6 is 11.6 Å². The summed E-state index contributed by atoms with van der Waals surface area (Å²) in [5, 5.41) is 0.870. The highest BCUT2D eigenvalue weighted by Crippen LogP contribution is 2.47. The van der Waals surface area contributed by atoms with Crippen molar-refractivity contribution in [3.05, 3.63) is 34.9 Å². The molecule has 0 atom stereocenters. The summed E-state index contributed by atoms with van der Waals surface area (Å²) in [6.07, 6.45) is 26.9. The first kappa shape index (κ1) is 24.6. The van der Waals surface area contributed by atoms with Gasteiger partial charge in [-0.2, -0.15) is 0 Å². The fraction of sp³-hybridized carbons (Fsp3) is 0.806. The Balaban J connectivity index is 1.12. The molecule has 32 heavy (non-hydrogen) atoms. The average Bonchev–Trinajstić information content (AvgIpc) is 2.85. The van der Waals surface area contributed by atoms with Gasteiger partial charge in [-0.15, -0.1) is 0 Å². The van der Waals surface area contributed by atoms with Gasteiger partial charge in [0.25, 0.3) is 0 Å².